The molecule has 0 aromatic heterocycles. The Morgan fingerprint density at radius 2 is 1.75 bits per heavy atom. The topological polar surface area (TPSA) is 75.6 Å². The van der Waals surface area contributed by atoms with Crippen molar-refractivity contribution in [2.24, 2.45) is 5.92 Å². The number of ether oxygens (including phenoxy) is 1. The summed E-state index contributed by atoms with van der Waals surface area (Å²) in [5, 5.41) is 10.9. The van der Waals surface area contributed by atoms with E-state index in [0.29, 0.717) is 5.75 Å². The second-order valence-electron chi connectivity index (χ2n) is 5.22. The monoisotopic (exact) mass is 279 g/mol. The van der Waals surface area contributed by atoms with Gasteiger partial charge in [-0.1, -0.05) is 19.9 Å². The lowest BCUT2D eigenvalue weighted by atomic mass is 10.1. The number of aryl methyl sites for hydroxylation is 2. The van der Waals surface area contributed by atoms with Crippen LogP contribution in [0, 0.1) is 19.8 Å². The zero-order valence-corrected chi connectivity index (χ0v) is 12.3. The first-order valence-corrected chi connectivity index (χ1v) is 6.54. The summed E-state index contributed by atoms with van der Waals surface area (Å²) in [7, 11) is 0. The standard InChI is InChI=1S/C15H21NO4/c1-9(2)14(15(19)16-8-13(17)18)20-12-6-10(3)5-11(4)7-12/h5-7,9,14H,8H2,1-4H3,(H,16,19)(H,17,18). The van der Waals surface area contributed by atoms with E-state index in [4.69, 9.17) is 9.84 Å². The number of hydrogen-bond acceptors (Lipinski definition) is 3. The number of nitrogens with one attached hydrogen (secondary N) is 1. The lowest BCUT2D eigenvalue weighted by Crippen LogP contribution is -2.43. The Bertz CT molecular complexity index is 476. The van der Waals surface area contributed by atoms with E-state index in [9.17, 15) is 9.59 Å². The molecule has 2 N–H and O–H groups in total. The Balaban J connectivity index is 2.81. The molecule has 1 rings (SSSR count). The molecule has 110 valence electrons. The van der Waals surface area contributed by atoms with Crippen molar-refractivity contribution in [2.75, 3.05) is 6.54 Å². The predicted molar refractivity (Wildman–Crippen MR) is 75.8 cm³/mol. The van der Waals surface area contributed by atoms with Gasteiger partial charge < -0.3 is 15.2 Å². The molecule has 0 aliphatic heterocycles. The van der Waals surface area contributed by atoms with Gasteiger partial charge in [0.25, 0.3) is 5.91 Å². The van der Waals surface area contributed by atoms with E-state index in [1.54, 1.807) is 0 Å². The molecule has 1 unspecified atom stereocenters. The van der Waals surface area contributed by atoms with E-state index in [2.05, 4.69) is 5.32 Å². The van der Waals surface area contributed by atoms with E-state index in [1.807, 2.05) is 45.9 Å². The van der Waals surface area contributed by atoms with Crippen LogP contribution < -0.4 is 10.1 Å². The van der Waals surface area contributed by atoms with Crippen molar-refractivity contribution < 1.29 is 19.4 Å². The van der Waals surface area contributed by atoms with Crippen LogP contribution in [0.25, 0.3) is 0 Å². The maximum Gasteiger partial charge on any atom is 0.322 e. The van der Waals surface area contributed by atoms with Crippen molar-refractivity contribution in [3.63, 3.8) is 0 Å². The maximum atomic E-state index is 12.0. The lowest BCUT2D eigenvalue weighted by molar-refractivity contribution is -0.139. The van der Waals surface area contributed by atoms with Gasteiger partial charge in [-0.25, -0.2) is 0 Å². The molecule has 0 fully saturated rings. The summed E-state index contributed by atoms with van der Waals surface area (Å²) in [6.07, 6.45) is -0.712. The molecular weight excluding hydrogens is 258 g/mol. The van der Waals surface area contributed by atoms with E-state index in [-0.39, 0.29) is 5.92 Å². The van der Waals surface area contributed by atoms with Crippen LogP contribution in [0.4, 0.5) is 0 Å². The van der Waals surface area contributed by atoms with Crippen LogP contribution >= 0.6 is 0 Å². The number of carbonyl (C=O) groups is 2. The van der Waals surface area contributed by atoms with Gasteiger partial charge >= 0.3 is 5.97 Å². The van der Waals surface area contributed by atoms with Gasteiger partial charge in [0.2, 0.25) is 0 Å². The second kappa shape index (κ2) is 6.93. The Hall–Kier alpha value is -2.04. The van der Waals surface area contributed by atoms with E-state index >= 15 is 0 Å². The van der Waals surface area contributed by atoms with E-state index in [0.717, 1.165) is 11.1 Å². The highest BCUT2D eigenvalue weighted by molar-refractivity contribution is 5.84. The molecule has 20 heavy (non-hydrogen) atoms. The van der Waals surface area contributed by atoms with Crippen LogP contribution in [-0.2, 0) is 9.59 Å². The molecular formula is C15H21NO4. The van der Waals surface area contributed by atoms with Crippen LogP contribution in [0.2, 0.25) is 0 Å². The second-order valence-corrected chi connectivity index (χ2v) is 5.22. The van der Waals surface area contributed by atoms with Crippen molar-refractivity contribution in [3.8, 4) is 5.75 Å². The zero-order valence-electron chi connectivity index (χ0n) is 12.3. The smallest absolute Gasteiger partial charge is 0.322 e. The van der Waals surface area contributed by atoms with Gasteiger partial charge in [0, 0.05) is 0 Å². The summed E-state index contributed by atoms with van der Waals surface area (Å²) in [6, 6.07) is 5.72. The average molecular weight is 279 g/mol. The summed E-state index contributed by atoms with van der Waals surface area (Å²) in [6.45, 7) is 7.21. The fraction of sp³-hybridized carbons (Fsp3) is 0.467. The number of carbonyl (C=O) groups excluding carboxylic acids is 1. The maximum absolute atomic E-state index is 12.0. The first kappa shape index (κ1) is 16.0. The molecule has 0 heterocycles. The Morgan fingerprint density at radius 1 is 1.20 bits per heavy atom. The molecule has 5 heteroatoms. The van der Waals surface area contributed by atoms with E-state index in [1.165, 1.54) is 0 Å². The number of carboxylic acids is 1. The summed E-state index contributed by atoms with van der Waals surface area (Å²) in [4.78, 5) is 22.5. The minimum Gasteiger partial charge on any atom is -0.480 e. The molecule has 0 bridgehead atoms. The number of aliphatic carboxylic acids is 1. The van der Waals surface area contributed by atoms with Crippen LogP contribution in [0.1, 0.15) is 25.0 Å². The van der Waals surface area contributed by atoms with Crippen molar-refractivity contribution in [3.05, 3.63) is 29.3 Å². The molecule has 0 saturated carbocycles. The Labute approximate surface area is 118 Å². The summed E-state index contributed by atoms with van der Waals surface area (Å²) < 4.78 is 5.73. The SMILES string of the molecule is Cc1cc(C)cc(OC(C(=O)NCC(=O)O)C(C)C)c1. The Morgan fingerprint density at radius 3 is 2.20 bits per heavy atom. The lowest BCUT2D eigenvalue weighted by Gasteiger charge is -2.22. The normalized spacial score (nSPS) is 12.1. The van der Waals surface area contributed by atoms with Crippen molar-refractivity contribution >= 4 is 11.9 Å². The third-order valence-corrected chi connectivity index (χ3v) is 2.74. The van der Waals surface area contributed by atoms with Crippen LogP contribution in [0.5, 0.6) is 5.75 Å². The largest absolute Gasteiger partial charge is 0.480 e. The van der Waals surface area contributed by atoms with Gasteiger partial charge in [-0.2, -0.15) is 0 Å². The molecule has 1 amide bonds. The molecule has 5 nitrogen and oxygen atoms in total. The third-order valence-electron chi connectivity index (χ3n) is 2.74. The summed E-state index contributed by atoms with van der Waals surface area (Å²) >= 11 is 0. The average Bonchev–Trinajstić information content (AvgIpc) is 2.31. The van der Waals surface area contributed by atoms with Crippen molar-refractivity contribution in [1.29, 1.82) is 0 Å². The number of rotatable bonds is 6. The molecule has 0 aliphatic rings. The molecule has 1 atom stereocenters. The zero-order chi connectivity index (χ0) is 15.3. The summed E-state index contributed by atoms with van der Waals surface area (Å²) in [5.74, 6) is -0.940. The van der Waals surface area contributed by atoms with Gasteiger partial charge in [-0.05, 0) is 43.0 Å². The molecule has 0 saturated heterocycles. The minimum absolute atomic E-state index is 0.0652. The first-order valence-electron chi connectivity index (χ1n) is 6.54. The fourth-order valence-electron chi connectivity index (χ4n) is 1.90. The molecule has 0 radical (unpaired) electrons. The highest BCUT2D eigenvalue weighted by atomic mass is 16.5. The van der Waals surface area contributed by atoms with Gasteiger partial charge in [0.15, 0.2) is 6.10 Å². The van der Waals surface area contributed by atoms with Gasteiger partial charge in [-0.15, -0.1) is 0 Å². The predicted octanol–water partition coefficient (Wildman–Crippen LogP) is 1.91. The van der Waals surface area contributed by atoms with E-state index < -0.39 is 24.5 Å². The van der Waals surface area contributed by atoms with Gasteiger partial charge in [-0.3, -0.25) is 9.59 Å². The minimum atomic E-state index is -1.08. The van der Waals surface area contributed by atoms with Crippen LogP contribution in [0.3, 0.4) is 0 Å². The number of carboxylic acid groups (broad SMARTS) is 1. The fourth-order valence-corrected chi connectivity index (χ4v) is 1.90. The quantitative estimate of drug-likeness (QED) is 0.834. The van der Waals surface area contributed by atoms with Gasteiger partial charge in [0.1, 0.15) is 12.3 Å². The van der Waals surface area contributed by atoms with Crippen LogP contribution in [0.15, 0.2) is 18.2 Å². The molecule has 1 aromatic rings. The van der Waals surface area contributed by atoms with Crippen molar-refractivity contribution in [1.82, 2.24) is 5.32 Å². The third kappa shape index (κ3) is 4.91. The number of hydrogen-bond donors (Lipinski definition) is 2. The number of benzene rings is 1. The molecule has 1 aromatic carbocycles. The summed E-state index contributed by atoms with van der Waals surface area (Å²) in [5.41, 5.74) is 2.10. The molecule has 0 spiro atoms. The number of amides is 1. The van der Waals surface area contributed by atoms with Crippen LogP contribution in [-0.4, -0.2) is 29.6 Å². The Kier molecular flexibility index (Phi) is 5.55. The van der Waals surface area contributed by atoms with Gasteiger partial charge in [0.05, 0.1) is 0 Å². The molecule has 0 aliphatic carbocycles. The van der Waals surface area contributed by atoms with Crippen molar-refractivity contribution in [2.45, 2.75) is 33.8 Å². The highest BCUT2D eigenvalue weighted by Crippen LogP contribution is 2.20. The highest BCUT2D eigenvalue weighted by Gasteiger charge is 2.24. The first-order chi connectivity index (χ1) is 9.29.